The molecule has 0 amide bonds. The van der Waals surface area contributed by atoms with Gasteiger partial charge in [0.05, 0.1) is 0 Å². The second kappa shape index (κ2) is 4.81. The van der Waals surface area contributed by atoms with Crippen LogP contribution in [0.5, 0.6) is 0 Å². The molecule has 0 saturated carbocycles. The maximum atomic E-state index is 10.5. The van der Waals surface area contributed by atoms with Crippen LogP contribution in [0.25, 0.3) is 5.57 Å². The summed E-state index contributed by atoms with van der Waals surface area (Å²) in [5.74, 6) is -0.906. The van der Waals surface area contributed by atoms with Crippen LogP contribution in [-0.4, -0.2) is 11.1 Å². The Morgan fingerprint density at radius 1 is 1.33 bits per heavy atom. The monoisotopic (exact) mass is 242 g/mol. The molecule has 0 unspecified atom stereocenters. The normalized spacial score (nSPS) is 20.0. The summed E-state index contributed by atoms with van der Waals surface area (Å²) in [6.07, 6.45) is 6.80. The highest BCUT2D eigenvalue weighted by molar-refractivity contribution is 5.81. The molecule has 0 atom stereocenters. The SMILES string of the molecule is CC1(C)CCC(=CC=CC(=O)O)c2ccccc21. The summed E-state index contributed by atoms with van der Waals surface area (Å²) < 4.78 is 0. The van der Waals surface area contributed by atoms with Crippen molar-refractivity contribution in [1.82, 2.24) is 0 Å². The molecule has 94 valence electrons. The fraction of sp³-hybridized carbons (Fsp3) is 0.312. The van der Waals surface area contributed by atoms with Crippen LogP contribution in [0.2, 0.25) is 0 Å². The largest absolute Gasteiger partial charge is 0.478 e. The molecule has 0 radical (unpaired) electrons. The molecule has 0 fully saturated rings. The zero-order valence-electron chi connectivity index (χ0n) is 10.8. The van der Waals surface area contributed by atoms with Crippen molar-refractivity contribution in [2.24, 2.45) is 0 Å². The second-order valence-corrected chi connectivity index (χ2v) is 5.32. The van der Waals surface area contributed by atoms with Gasteiger partial charge in [-0.1, -0.05) is 50.3 Å². The average Bonchev–Trinajstić information content (AvgIpc) is 2.32. The molecule has 0 aliphatic heterocycles. The van der Waals surface area contributed by atoms with Gasteiger partial charge in [-0.25, -0.2) is 4.79 Å². The second-order valence-electron chi connectivity index (χ2n) is 5.32. The number of carboxylic acid groups (broad SMARTS) is 1. The van der Waals surface area contributed by atoms with E-state index in [1.54, 1.807) is 6.08 Å². The van der Waals surface area contributed by atoms with Crippen molar-refractivity contribution >= 4 is 11.5 Å². The summed E-state index contributed by atoms with van der Waals surface area (Å²) in [7, 11) is 0. The minimum Gasteiger partial charge on any atom is -0.478 e. The zero-order chi connectivity index (χ0) is 13.2. The van der Waals surface area contributed by atoms with Gasteiger partial charge in [0.1, 0.15) is 0 Å². The maximum Gasteiger partial charge on any atom is 0.328 e. The van der Waals surface area contributed by atoms with Crippen LogP contribution in [0.1, 0.15) is 37.8 Å². The van der Waals surface area contributed by atoms with Gasteiger partial charge in [0.25, 0.3) is 0 Å². The first kappa shape index (κ1) is 12.6. The van der Waals surface area contributed by atoms with Crippen molar-refractivity contribution in [2.45, 2.75) is 32.1 Å². The number of allylic oxidation sites excluding steroid dienone is 3. The van der Waals surface area contributed by atoms with Crippen molar-refractivity contribution < 1.29 is 9.90 Å². The third kappa shape index (κ3) is 2.53. The number of rotatable bonds is 2. The predicted octanol–water partition coefficient (Wildman–Crippen LogP) is 3.78. The Labute approximate surface area is 108 Å². The van der Waals surface area contributed by atoms with Gasteiger partial charge in [-0.3, -0.25) is 0 Å². The first-order valence-electron chi connectivity index (χ1n) is 6.21. The molecule has 2 rings (SSSR count). The Kier molecular flexibility index (Phi) is 3.37. The van der Waals surface area contributed by atoms with Crippen LogP contribution in [0.3, 0.4) is 0 Å². The molecule has 1 aromatic carbocycles. The fourth-order valence-corrected chi connectivity index (χ4v) is 2.49. The summed E-state index contributed by atoms with van der Waals surface area (Å²) in [6, 6.07) is 8.39. The van der Waals surface area contributed by atoms with Gasteiger partial charge in [-0.2, -0.15) is 0 Å². The van der Waals surface area contributed by atoms with Crippen molar-refractivity contribution in [3.05, 3.63) is 53.6 Å². The van der Waals surface area contributed by atoms with Crippen LogP contribution in [0.15, 0.2) is 42.5 Å². The highest BCUT2D eigenvalue weighted by Crippen LogP contribution is 2.41. The predicted molar refractivity (Wildman–Crippen MR) is 73.5 cm³/mol. The Hall–Kier alpha value is -1.83. The van der Waals surface area contributed by atoms with Gasteiger partial charge >= 0.3 is 5.97 Å². The first-order valence-corrected chi connectivity index (χ1v) is 6.21. The van der Waals surface area contributed by atoms with Crippen LogP contribution in [0, 0.1) is 0 Å². The lowest BCUT2D eigenvalue weighted by molar-refractivity contribution is -0.131. The lowest BCUT2D eigenvalue weighted by atomic mass is 9.71. The molecule has 0 heterocycles. The van der Waals surface area contributed by atoms with Gasteiger partial charge in [-0.15, -0.1) is 0 Å². The standard InChI is InChI=1S/C16H18O2/c1-16(2)11-10-12(6-5-9-15(17)18)13-7-3-4-8-14(13)16/h3-9H,10-11H2,1-2H3,(H,17,18). The topological polar surface area (TPSA) is 37.3 Å². The molecular formula is C16H18O2. The van der Waals surface area contributed by atoms with Crippen molar-refractivity contribution in [2.75, 3.05) is 0 Å². The summed E-state index contributed by atoms with van der Waals surface area (Å²) in [5, 5.41) is 8.61. The van der Waals surface area contributed by atoms with E-state index in [1.807, 2.05) is 12.1 Å². The lowest BCUT2D eigenvalue weighted by Gasteiger charge is -2.33. The Balaban J connectivity index is 2.40. The zero-order valence-corrected chi connectivity index (χ0v) is 10.8. The van der Waals surface area contributed by atoms with E-state index in [2.05, 4.69) is 32.0 Å². The van der Waals surface area contributed by atoms with Crippen LogP contribution in [-0.2, 0) is 10.2 Å². The molecule has 0 aromatic heterocycles. The first-order chi connectivity index (χ1) is 8.50. The third-order valence-corrected chi connectivity index (χ3v) is 3.56. The summed E-state index contributed by atoms with van der Waals surface area (Å²) in [4.78, 5) is 10.5. The molecule has 18 heavy (non-hydrogen) atoms. The quantitative estimate of drug-likeness (QED) is 0.801. The van der Waals surface area contributed by atoms with Crippen molar-refractivity contribution in [3.63, 3.8) is 0 Å². The molecule has 0 spiro atoms. The number of hydrogen-bond donors (Lipinski definition) is 1. The Bertz CT molecular complexity index is 522. The van der Waals surface area contributed by atoms with Crippen LogP contribution in [0.4, 0.5) is 0 Å². The van der Waals surface area contributed by atoms with E-state index in [-0.39, 0.29) is 5.41 Å². The lowest BCUT2D eigenvalue weighted by Crippen LogP contribution is -2.23. The molecule has 1 aliphatic carbocycles. The minimum atomic E-state index is -0.906. The highest BCUT2D eigenvalue weighted by atomic mass is 16.4. The van der Waals surface area contributed by atoms with Gasteiger partial charge in [0, 0.05) is 6.08 Å². The Morgan fingerprint density at radius 3 is 2.78 bits per heavy atom. The molecule has 2 heteroatoms. The minimum absolute atomic E-state index is 0.199. The van der Waals surface area contributed by atoms with Crippen molar-refractivity contribution in [1.29, 1.82) is 0 Å². The van der Waals surface area contributed by atoms with Gasteiger partial charge in [0.15, 0.2) is 0 Å². The molecule has 0 saturated heterocycles. The number of aliphatic carboxylic acids is 1. The smallest absolute Gasteiger partial charge is 0.328 e. The van der Waals surface area contributed by atoms with E-state index >= 15 is 0 Å². The molecule has 1 aliphatic rings. The number of hydrogen-bond acceptors (Lipinski definition) is 1. The van der Waals surface area contributed by atoms with E-state index in [1.165, 1.54) is 22.8 Å². The van der Waals surface area contributed by atoms with Gasteiger partial charge < -0.3 is 5.11 Å². The number of carboxylic acids is 1. The van der Waals surface area contributed by atoms with Gasteiger partial charge in [-0.05, 0) is 35.0 Å². The van der Waals surface area contributed by atoms with Crippen LogP contribution >= 0.6 is 0 Å². The number of fused-ring (bicyclic) bond motifs is 1. The van der Waals surface area contributed by atoms with Crippen LogP contribution < -0.4 is 0 Å². The molecular weight excluding hydrogens is 224 g/mol. The van der Waals surface area contributed by atoms with E-state index in [9.17, 15) is 4.79 Å². The Morgan fingerprint density at radius 2 is 2.06 bits per heavy atom. The maximum absolute atomic E-state index is 10.5. The van der Waals surface area contributed by atoms with Crippen molar-refractivity contribution in [3.8, 4) is 0 Å². The van der Waals surface area contributed by atoms with E-state index in [0.29, 0.717) is 0 Å². The summed E-state index contributed by atoms with van der Waals surface area (Å²) in [6.45, 7) is 4.52. The molecule has 0 bridgehead atoms. The molecule has 1 N–H and O–H groups in total. The highest BCUT2D eigenvalue weighted by Gasteiger charge is 2.28. The van der Waals surface area contributed by atoms with Gasteiger partial charge in [0.2, 0.25) is 0 Å². The average molecular weight is 242 g/mol. The van der Waals surface area contributed by atoms with E-state index < -0.39 is 5.97 Å². The molecule has 1 aromatic rings. The fourth-order valence-electron chi connectivity index (χ4n) is 2.49. The van der Waals surface area contributed by atoms with E-state index in [0.717, 1.165) is 12.8 Å². The number of benzene rings is 1. The van der Waals surface area contributed by atoms with E-state index in [4.69, 9.17) is 5.11 Å². The summed E-state index contributed by atoms with van der Waals surface area (Å²) >= 11 is 0. The molecule has 2 nitrogen and oxygen atoms in total. The third-order valence-electron chi connectivity index (χ3n) is 3.56. The summed E-state index contributed by atoms with van der Waals surface area (Å²) in [5.41, 5.74) is 4.03. The number of carbonyl (C=O) groups is 1.